The van der Waals surface area contributed by atoms with Crippen LogP contribution in [-0.4, -0.2) is 165 Å². The van der Waals surface area contributed by atoms with Crippen LogP contribution in [0.25, 0.3) is 0 Å². The van der Waals surface area contributed by atoms with Crippen molar-refractivity contribution in [1.29, 1.82) is 0 Å². The summed E-state index contributed by atoms with van der Waals surface area (Å²) in [6.07, 6.45) is -10.7. The van der Waals surface area contributed by atoms with Gasteiger partial charge < -0.3 is 68.5 Å². The normalized spacial score (nSPS) is 43.7. The number of carbonyl (C=O) groups is 2. The van der Waals surface area contributed by atoms with Crippen molar-refractivity contribution in [1.82, 2.24) is 9.80 Å². The molecule has 0 unspecified atom stereocenters. The van der Waals surface area contributed by atoms with Gasteiger partial charge >= 0.3 is 12.1 Å². The summed E-state index contributed by atoms with van der Waals surface area (Å²) in [6, 6.07) is 7.87. The lowest BCUT2D eigenvalue weighted by Gasteiger charge is -2.49. The number of hydrogen-bond acceptors (Lipinski definition) is 15. The first-order valence-corrected chi connectivity index (χ1v) is 21.9. The third-order valence-electron chi connectivity index (χ3n) is 13.5. The molecule has 16 heteroatoms. The Labute approximate surface area is 362 Å². The van der Waals surface area contributed by atoms with Crippen LogP contribution in [0.5, 0.6) is 0 Å². The smallest absolute Gasteiger partial charge is 0.410 e. The van der Waals surface area contributed by atoms with Crippen LogP contribution in [0.15, 0.2) is 30.3 Å². The minimum Gasteiger partial charge on any atom is -0.459 e. The fourth-order valence-electron chi connectivity index (χ4n) is 9.56. The predicted molar refractivity (Wildman–Crippen MR) is 225 cm³/mol. The largest absolute Gasteiger partial charge is 0.459 e. The van der Waals surface area contributed by atoms with Gasteiger partial charge in [-0.25, -0.2) is 4.79 Å². The Balaban J connectivity index is 1.76. The van der Waals surface area contributed by atoms with E-state index in [0.29, 0.717) is 6.54 Å². The van der Waals surface area contributed by atoms with Crippen molar-refractivity contribution in [3.8, 4) is 0 Å². The molecule has 3 heterocycles. The second-order valence-corrected chi connectivity index (χ2v) is 18.9. The van der Waals surface area contributed by atoms with Gasteiger partial charge in [-0.2, -0.15) is 0 Å². The van der Waals surface area contributed by atoms with Crippen LogP contribution in [0.3, 0.4) is 0 Å². The minimum atomic E-state index is -1.85. The molecule has 0 aliphatic carbocycles. The molecule has 0 bridgehead atoms. The molecule has 61 heavy (non-hydrogen) atoms. The molecule has 3 fully saturated rings. The fourth-order valence-corrected chi connectivity index (χ4v) is 9.56. The lowest BCUT2D eigenvalue weighted by molar-refractivity contribution is -0.317. The summed E-state index contributed by atoms with van der Waals surface area (Å²) in [4.78, 5) is 30.9. The topological polar surface area (TPSA) is 206 Å². The average Bonchev–Trinajstić information content (AvgIpc) is 3.21. The first-order valence-electron chi connectivity index (χ1n) is 21.9. The highest BCUT2D eigenvalue weighted by molar-refractivity contribution is 5.73. The maximum Gasteiger partial charge on any atom is 0.410 e. The molecular formula is C45H76N2O14. The van der Waals surface area contributed by atoms with Gasteiger partial charge in [0.2, 0.25) is 0 Å². The van der Waals surface area contributed by atoms with E-state index >= 15 is 0 Å². The van der Waals surface area contributed by atoms with Crippen LogP contribution in [0.4, 0.5) is 4.79 Å². The maximum absolute atomic E-state index is 14.4. The number of hydrogen-bond donors (Lipinski definition) is 5. The van der Waals surface area contributed by atoms with Gasteiger partial charge in [-0.05, 0) is 86.3 Å². The van der Waals surface area contributed by atoms with E-state index in [9.17, 15) is 35.1 Å². The van der Waals surface area contributed by atoms with Crippen LogP contribution < -0.4 is 0 Å². The van der Waals surface area contributed by atoms with E-state index < -0.39 is 114 Å². The van der Waals surface area contributed by atoms with Crippen molar-refractivity contribution in [2.75, 3.05) is 27.7 Å². The number of carbonyl (C=O) groups excluding carboxylic acids is 2. The number of amides is 1. The molecule has 1 aromatic rings. The number of likely N-dealkylation sites (N-methyl/N-ethyl adjacent to an activating group) is 2. The molecule has 3 aliphatic heterocycles. The number of nitrogens with zero attached hydrogens (tertiary/aromatic N) is 2. The summed E-state index contributed by atoms with van der Waals surface area (Å²) in [5.74, 6) is -2.91. The van der Waals surface area contributed by atoms with Crippen LogP contribution in [-0.2, 0) is 44.6 Å². The summed E-state index contributed by atoms with van der Waals surface area (Å²) in [5.41, 5.74) is -3.79. The molecule has 350 valence electrons. The van der Waals surface area contributed by atoms with Crippen molar-refractivity contribution in [3.63, 3.8) is 0 Å². The third kappa shape index (κ3) is 12.0. The second-order valence-electron chi connectivity index (χ2n) is 18.9. The van der Waals surface area contributed by atoms with E-state index in [1.54, 1.807) is 62.4 Å². The summed E-state index contributed by atoms with van der Waals surface area (Å²) in [7, 11) is 4.85. The molecule has 1 amide bonds. The molecule has 4 rings (SSSR count). The van der Waals surface area contributed by atoms with Crippen LogP contribution in [0, 0.1) is 17.8 Å². The zero-order valence-electron chi connectivity index (χ0n) is 38.6. The number of cyclic esters (lactones) is 1. The molecule has 5 N–H and O–H groups in total. The van der Waals surface area contributed by atoms with Gasteiger partial charge in [0.1, 0.15) is 36.6 Å². The van der Waals surface area contributed by atoms with Gasteiger partial charge in [-0.15, -0.1) is 0 Å². The van der Waals surface area contributed by atoms with Gasteiger partial charge in [0, 0.05) is 39.1 Å². The number of ether oxygens (including phenoxy) is 7. The van der Waals surface area contributed by atoms with E-state index in [1.807, 2.05) is 49.2 Å². The fraction of sp³-hybridized carbons (Fsp3) is 0.822. The Kier molecular flexibility index (Phi) is 17.6. The van der Waals surface area contributed by atoms with Gasteiger partial charge in [0.05, 0.1) is 47.6 Å². The van der Waals surface area contributed by atoms with E-state index in [2.05, 4.69) is 0 Å². The number of rotatable bonds is 9. The summed E-state index contributed by atoms with van der Waals surface area (Å²) in [6.45, 7) is 17.6. The molecule has 3 aliphatic rings. The zero-order valence-corrected chi connectivity index (χ0v) is 38.6. The van der Waals surface area contributed by atoms with E-state index in [-0.39, 0.29) is 38.2 Å². The predicted octanol–water partition coefficient (Wildman–Crippen LogP) is 3.61. The quantitative estimate of drug-likeness (QED) is 0.225. The number of benzene rings is 1. The van der Waals surface area contributed by atoms with Crippen molar-refractivity contribution < 1.29 is 68.3 Å². The van der Waals surface area contributed by atoms with E-state index in [0.717, 1.165) is 5.56 Å². The van der Waals surface area contributed by atoms with Gasteiger partial charge in [0.15, 0.2) is 12.6 Å². The first-order chi connectivity index (χ1) is 28.4. The van der Waals surface area contributed by atoms with Crippen molar-refractivity contribution in [2.24, 2.45) is 17.8 Å². The first kappa shape index (κ1) is 51.2. The van der Waals surface area contributed by atoms with Crippen molar-refractivity contribution >= 4 is 12.1 Å². The van der Waals surface area contributed by atoms with Crippen molar-refractivity contribution in [2.45, 2.75) is 192 Å². The lowest BCUT2D eigenvalue weighted by Crippen LogP contribution is -2.61. The van der Waals surface area contributed by atoms with Gasteiger partial charge in [-0.3, -0.25) is 4.79 Å². The molecular weight excluding hydrogens is 792 g/mol. The highest BCUT2D eigenvalue weighted by atomic mass is 16.7. The van der Waals surface area contributed by atoms with Crippen LogP contribution in [0.1, 0.15) is 100 Å². The van der Waals surface area contributed by atoms with E-state index in [4.69, 9.17) is 33.2 Å². The number of methoxy groups -OCH3 is 1. The monoisotopic (exact) mass is 869 g/mol. The summed E-state index contributed by atoms with van der Waals surface area (Å²) < 4.78 is 43.3. The highest BCUT2D eigenvalue weighted by Crippen LogP contribution is 2.40. The Bertz CT molecular complexity index is 1550. The summed E-state index contributed by atoms with van der Waals surface area (Å²) in [5, 5.41) is 59.0. The highest BCUT2D eigenvalue weighted by Gasteiger charge is 2.53. The third-order valence-corrected chi connectivity index (χ3v) is 13.5. The number of aliphatic hydroxyl groups is 5. The molecule has 1 aromatic carbocycles. The SMILES string of the molecule is CC[C@H]1OC(=O)[C@H](C)[C@@H](O[C@H]2C[C@@](C)(OC)[C@@H](O)[C@H](C)O2)[C@H](C)[C@@H](O[C@@H]2O[C@H](C)C[C@H](N(C)C(=O)OCc3ccccc3)[C@H]2O)[C@@](C)(O)C[C@@H](C)CN(C)[C@H](C)[C@@H](O)[C@]1(C)O. The molecule has 0 saturated carbocycles. The van der Waals surface area contributed by atoms with Gasteiger partial charge in [-0.1, -0.05) is 51.1 Å². The minimum absolute atomic E-state index is 0.0386. The lowest BCUT2D eigenvalue weighted by atomic mass is 9.77. The molecule has 16 nitrogen and oxygen atoms in total. The van der Waals surface area contributed by atoms with Crippen LogP contribution in [0.2, 0.25) is 0 Å². The van der Waals surface area contributed by atoms with E-state index in [1.165, 1.54) is 18.9 Å². The second kappa shape index (κ2) is 21.0. The zero-order chi connectivity index (χ0) is 45.8. The Morgan fingerprint density at radius 3 is 2.20 bits per heavy atom. The Morgan fingerprint density at radius 2 is 1.59 bits per heavy atom. The average molecular weight is 869 g/mol. The van der Waals surface area contributed by atoms with Crippen molar-refractivity contribution in [3.05, 3.63) is 35.9 Å². The summed E-state index contributed by atoms with van der Waals surface area (Å²) >= 11 is 0. The van der Waals surface area contributed by atoms with Gasteiger partial charge in [0.25, 0.3) is 0 Å². The molecule has 0 spiro atoms. The van der Waals surface area contributed by atoms with Crippen LogP contribution >= 0.6 is 0 Å². The number of aliphatic hydroxyl groups excluding tert-OH is 3. The standard InChI is InChI=1S/C45H76N2O14/c1-14-33-45(10,54)37(49)29(6)46(11)23-25(2)21-43(8,53)39(27(4)36(28(5)40(51)59-33)60-34-22-44(9,55-13)38(50)30(7)58-34)61-41-35(48)32(20-26(3)57-41)47(12)42(52)56-24-31-18-16-15-17-19-31/h15-19,25-30,32-39,41,48-50,53-54H,14,20-24H2,1-13H3/t25-,26-,27+,28-,29-,30+,32+,33-,34+,35-,36+,37-,38+,39-,41+,43+,44-,45-/m1/s1. The molecule has 0 radical (unpaired) electrons. The molecule has 0 aromatic heterocycles. The molecule has 18 atom stereocenters. The molecule has 3 saturated heterocycles. The maximum atomic E-state index is 14.4. The Morgan fingerprint density at radius 1 is 0.951 bits per heavy atom. The number of esters is 1. The Hall–Kier alpha value is -2.48.